The van der Waals surface area contributed by atoms with Crippen molar-refractivity contribution in [3.63, 3.8) is 0 Å². The van der Waals surface area contributed by atoms with Crippen LogP contribution in [0.2, 0.25) is 0 Å². The highest BCUT2D eigenvalue weighted by molar-refractivity contribution is 5.82. The van der Waals surface area contributed by atoms with Gasteiger partial charge in [0.2, 0.25) is 0 Å². The van der Waals surface area contributed by atoms with E-state index >= 15 is 0 Å². The fourth-order valence-corrected chi connectivity index (χ4v) is 2.48. The Bertz CT molecular complexity index is 1260. The number of fused-ring (bicyclic) bond motifs is 1. The van der Waals surface area contributed by atoms with Crippen LogP contribution in [-0.4, -0.2) is 38.0 Å². The molecule has 3 rings (SSSR count). The van der Waals surface area contributed by atoms with Gasteiger partial charge in [-0.05, 0) is 31.2 Å². The van der Waals surface area contributed by atoms with Crippen LogP contribution in [-0.2, 0) is 4.79 Å². The lowest BCUT2D eigenvalue weighted by Crippen LogP contribution is -2.32. The van der Waals surface area contributed by atoms with Crippen LogP contribution in [0.4, 0.5) is 5.69 Å². The SMILES string of the molecule is CC(Oc1ccc(C=Nn2c(=O)[nH]c3ccccc3c2=O)cc1[N+](=O)[O-])C(=O)O. The Morgan fingerprint density at radius 2 is 2.03 bits per heavy atom. The Morgan fingerprint density at radius 3 is 2.72 bits per heavy atom. The smallest absolute Gasteiger partial charge is 0.349 e. The molecule has 0 bridgehead atoms. The number of nitrogens with zero attached hydrogens (tertiary/aromatic N) is 3. The van der Waals surface area contributed by atoms with E-state index in [-0.39, 0.29) is 16.7 Å². The lowest BCUT2D eigenvalue weighted by Gasteiger charge is -2.10. The molecule has 2 aromatic carbocycles. The zero-order chi connectivity index (χ0) is 21.1. The monoisotopic (exact) mass is 398 g/mol. The molecule has 0 aliphatic heterocycles. The molecule has 11 nitrogen and oxygen atoms in total. The van der Waals surface area contributed by atoms with Crippen molar-refractivity contribution in [1.82, 2.24) is 9.66 Å². The average molecular weight is 398 g/mol. The number of aromatic amines is 1. The zero-order valence-electron chi connectivity index (χ0n) is 14.9. The molecule has 1 atom stereocenters. The predicted octanol–water partition coefficient (Wildman–Crippen LogP) is 1.33. The number of ether oxygens (including phenoxy) is 1. The Morgan fingerprint density at radius 1 is 1.31 bits per heavy atom. The second-order valence-electron chi connectivity index (χ2n) is 5.92. The van der Waals surface area contributed by atoms with Gasteiger partial charge in [0.1, 0.15) is 0 Å². The third kappa shape index (κ3) is 4.03. The van der Waals surface area contributed by atoms with Crippen molar-refractivity contribution < 1.29 is 19.6 Å². The summed E-state index contributed by atoms with van der Waals surface area (Å²) >= 11 is 0. The fraction of sp³-hybridized carbons (Fsp3) is 0.111. The number of carbonyl (C=O) groups is 1. The number of hydrogen-bond donors (Lipinski definition) is 2. The standard InChI is InChI=1S/C18H14N4O7/c1-10(17(24)25)29-15-7-6-11(8-14(15)22(27)28)9-19-21-16(23)12-4-2-3-5-13(12)20-18(21)26/h2-10H,1H3,(H,20,26)(H,24,25). The summed E-state index contributed by atoms with van der Waals surface area (Å²) in [5.74, 6) is -1.51. The number of nitrogens with one attached hydrogen (secondary N) is 1. The maximum Gasteiger partial charge on any atom is 0.349 e. The summed E-state index contributed by atoms with van der Waals surface area (Å²) in [6.45, 7) is 1.24. The number of aliphatic carboxylic acids is 1. The molecular formula is C18H14N4O7. The van der Waals surface area contributed by atoms with Crippen LogP contribution >= 0.6 is 0 Å². The topological polar surface area (TPSA) is 157 Å². The second kappa shape index (κ2) is 7.76. The summed E-state index contributed by atoms with van der Waals surface area (Å²) < 4.78 is 5.68. The molecular weight excluding hydrogens is 384 g/mol. The number of nitro groups is 1. The van der Waals surface area contributed by atoms with E-state index in [0.717, 1.165) is 12.3 Å². The Labute approximate surface area is 161 Å². The second-order valence-corrected chi connectivity index (χ2v) is 5.92. The largest absolute Gasteiger partial charge is 0.479 e. The van der Waals surface area contributed by atoms with Crippen LogP contribution in [0.3, 0.4) is 0 Å². The highest BCUT2D eigenvalue weighted by atomic mass is 16.6. The summed E-state index contributed by atoms with van der Waals surface area (Å²) in [7, 11) is 0. The number of rotatable bonds is 6. The first-order valence-corrected chi connectivity index (χ1v) is 8.24. The summed E-state index contributed by atoms with van der Waals surface area (Å²) in [4.78, 5) is 48.5. The minimum absolute atomic E-state index is 0.200. The van der Waals surface area contributed by atoms with E-state index in [9.17, 15) is 24.5 Å². The Kier molecular flexibility index (Phi) is 5.21. The van der Waals surface area contributed by atoms with E-state index in [1.807, 2.05) is 0 Å². The van der Waals surface area contributed by atoms with Crippen LogP contribution in [0.5, 0.6) is 5.75 Å². The summed E-state index contributed by atoms with van der Waals surface area (Å²) in [5, 5.41) is 24.2. The molecule has 2 N–H and O–H groups in total. The molecule has 0 radical (unpaired) electrons. The van der Waals surface area contributed by atoms with Gasteiger partial charge in [0.25, 0.3) is 5.56 Å². The number of nitro benzene ring substituents is 1. The van der Waals surface area contributed by atoms with Crippen molar-refractivity contribution in [2.75, 3.05) is 0 Å². The van der Waals surface area contributed by atoms with Gasteiger partial charge in [0.05, 0.1) is 22.0 Å². The third-order valence-electron chi connectivity index (χ3n) is 3.94. The molecule has 1 heterocycles. The number of hydrogen-bond acceptors (Lipinski definition) is 7. The van der Waals surface area contributed by atoms with E-state index < -0.39 is 33.9 Å². The molecule has 0 amide bonds. The number of carboxylic acids is 1. The van der Waals surface area contributed by atoms with Gasteiger partial charge in [-0.2, -0.15) is 5.10 Å². The van der Waals surface area contributed by atoms with Crippen molar-refractivity contribution in [3.05, 3.63) is 79.0 Å². The minimum atomic E-state index is -1.29. The fourth-order valence-electron chi connectivity index (χ4n) is 2.48. The normalized spacial score (nSPS) is 12.2. The number of para-hydroxylation sites is 1. The lowest BCUT2D eigenvalue weighted by atomic mass is 10.2. The van der Waals surface area contributed by atoms with Gasteiger partial charge in [-0.15, -0.1) is 4.68 Å². The van der Waals surface area contributed by atoms with Crippen LogP contribution < -0.4 is 16.0 Å². The quantitative estimate of drug-likeness (QED) is 0.360. The maximum atomic E-state index is 12.4. The zero-order valence-corrected chi connectivity index (χ0v) is 14.9. The van der Waals surface area contributed by atoms with Crippen LogP contribution in [0.25, 0.3) is 10.9 Å². The molecule has 0 saturated carbocycles. The molecule has 29 heavy (non-hydrogen) atoms. The van der Waals surface area contributed by atoms with Gasteiger partial charge in [-0.25, -0.2) is 9.59 Å². The minimum Gasteiger partial charge on any atom is -0.479 e. The van der Waals surface area contributed by atoms with Gasteiger partial charge in [-0.1, -0.05) is 12.1 Å². The highest BCUT2D eigenvalue weighted by Gasteiger charge is 2.21. The van der Waals surface area contributed by atoms with E-state index in [1.165, 1.54) is 25.1 Å². The molecule has 0 aliphatic carbocycles. The van der Waals surface area contributed by atoms with Crippen molar-refractivity contribution in [2.45, 2.75) is 13.0 Å². The van der Waals surface area contributed by atoms with Gasteiger partial charge in [0, 0.05) is 11.6 Å². The lowest BCUT2D eigenvalue weighted by molar-refractivity contribution is -0.386. The first-order chi connectivity index (χ1) is 13.8. The molecule has 0 aliphatic rings. The summed E-state index contributed by atoms with van der Waals surface area (Å²) in [6, 6.07) is 10.1. The van der Waals surface area contributed by atoms with Crippen LogP contribution in [0.1, 0.15) is 12.5 Å². The van der Waals surface area contributed by atoms with E-state index in [0.29, 0.717) is 10.2 Å². The third-order valence-corrected chi connectivity index (χ3v) is 3.94. The molecule has 1 unspecified atom stereocenters. The van der Waals surface area contributed by atoms with Crippen molar-refractivity contribution >= 4 is 28.8 Å². The van der Waals surface area contributed by atoms with Crippen molar-refractivity contribution in [1.29, 1.82) is 0 Å². The van der Waals surface area contributed by atoms with E-state index in [2.05, 4.69) is 10.1 Å². The van der Waals surface area contributed by atoms with Gasteiger partial charge in [-0.3, -0.25) is 14.9 Å². The van der Waals surface area contributed by atoms with Crippen LogP contribution in [0.15, 0.2) is 57.2 Å². The summed E-state index contributed by atoms with van der Waals surface area (Å²) in [6.07, 6.45) is -0.189. The van der Waals surface area contributed by atoms with Crippen molar-refractivity contribution in [3.8, 4) is 5.75 Å². The predicted molar refractivity (Wildman–Crippen MR) is 103 cm³/mol. The maximum absolute atomic E-state index is 12.4. The van der Waals surface area contributed by atoms with Gasteiger partial charge < -0.3 is 14.8 Å². The molecule has 3 aromatic rings. The van der Waals surface area contributed by atoms with E-state index in [1.54, 1.807) is 18.2 Å². The molecule has 0 spiro atoms. The molecule has 1 aromatic heterocycles. The van der Waals surface area contributed by atoms with Crippen LogP contribution in [0, 0.1) is 10.1 Å². The summed E-state index contributed by atoms with van der Waals surface area (Å²) in [5.41, 5.74) is -1.34. The first kappa shape index (κ1) is 19.5. The van der Waals surface area contributed by atoms with E-state index in [4.69, 9.17) is 9.84 Å². The van der Waals surface area contributed by atoms with Gasteiger partial charge >= 0.3 is 17.3 Å². The van der Waals surface area contributed by atoms with Crippen molar-refractivity contribution in [2.24, 2.45) is 5.10 Å². The molecule has 0 fully saturated rings. The molecule has 148 valence electrons. The Balaban J connectivity index is 1.99. The number of carboxylic acid groups (broad SMARTS) is 1. The first-order valence-electron chi connectivity index (χ1n) is 8.24. The molecule has 11 heteroatoms. The average Bonchev–Trinajstić information content (AvgIpc) is 2.68. The number of benzene rings is 2. The molecule has 0 saturated heterocycles. The number of H-pyrrole nitrogens is 1. The Hall–Kier alpha value is -4.28. The number of aromatic nitrogens is 2. The highest BCUT2D eigenvalue weighted by Crippen LogP contribution is 2.28. The van der Waals surface area contributed by atoms with Gasteiger partial charge in [0.15, 0.2) is 11.9 Å².